The molecule has 2 aliphatic rings. The van der Waals surface area contributed by atoms with Gasteiger partial charge < -0.3 is 14.2 Å². The number of benzene rings is 1. The van der Waals surface area contributed by atoms with E-state index in [9.17, 15) is 4.39 Å². The molecule has 0 amide bonds. The average molecular weight is 357 g/mol. The second-order valence-corrected chi connectivity index (χ2v) is 7.58. The zero-order valence-corrected chi connectivity index (χ0v) is 15.5. The molecular formula is C21H28FN3O. The van der Waals surface area contributed by atoms with Crippen molar-refractivity contribution in [3.05, 3.63) is 36.4 Å². The minimum atomic E-state index is -0.255. The summed E-state index contributed by atoms with van der Waals surface area (Å²) in [7, 11) is 1.60. The van der Waals surface area contributed by atoms with Gasteiger partial charge in [0.1, 0.15) is 17.4 Å². The molecular weight excluding hydrogens is 329 g/mol. The number of fused-ring (bicyclic) bond motifs is 1. The van der Waals surface area contributed by atoms with Crippen molar-refractivity contribution in [2.45, 2.75) is 51.1 Å². The third kappa shape index (κ3) is 3.50. The Hall–Kier alpha value is -1.88. The summed E-state index contributed by atoms with van der Waals surface area (Å²) in [6.45, 7) is 3.43. The summed E-state index contributed by atoms with van der Waals surface area (Å²) < 4.78 is 21.7. The number of rotatable bonds is 5. The van der Waals surface area contributed by atoms with Gasteiger partial charge in [0.2, 0.25) is 0 Å². The number of imidazole rings is 1. The Kier molecular flexibility index (Phi) is 5.25. The van der Waals surface area contributed by atoms with Crippen LogP contribution >= 0.6 is 0 Å². The van der Waals surface area contributed by atoms with Gasteiger partial charge in [0.25, 0.3) is 0 Å². The summed E-state index contributed by atoms with van der Waals surface area (Å²) in [4.78, 5) is 7.13. The Labute approximate surface area is 155 Å². The maximum absolute atomic E-state index is 14.3. The van der Waals surface area contributed by atoms with Crippen molar-refractivity contribution in [3.63, 3.8) is 0 Å². The second-order valence-electron chi connectivity index (χ2n) is 7.58. The standard InChI is InChI=1S/C21H28FN3O/c1-26-17-7-8-19(22)18(15-17)21-23-10-14-25(21)13-9-16-5-4-12-24-11-3-2-6-20(16)24/h7-8,10,14-16,20H,2-6,9,11-13H2,1H3/t16-,20+/m0/s1. The van der Waals surface area contributed by atoms with E-state index in [1.165, 1.54) is 51.3 Å². The van der Waals surface area contributed by atoms with E-state index >= 15 is 0 Å². The van der Waals surface area contributed by atoms with Crippen LogP contribution in [0, 0.1) is 11.7 Å². The monoisotopic (exact) mass is 357 g/mol. The largest absolute Gasteiger partial charge is 0.497 e. The van der Waals surface area contributed by atoms with Crippen LogP contribution in [0.4, 0.5) is 4.39 Å². The van der Waals surface area contributed by atoms with Gasteiger partial charge in [0.15, 0.2) is 0 Å². The number of methoxy groups -OCH3 is 1. The van der Waals surface area contributed by atoms with Gasteiger partial charge in [0, 0.05) is 25.0 Å². The van der Waals surface area contributed by atoms with Crippen LogP contribution in [0.2, 0.25) is 0 Å². The molecule has 4 rings (SSSR count). The van der Waals surface area contributed by atoms with Gasteiger partial charge in [-0.15, -0.1) is 0 Å². The third-order valence-corrected chi connectivity index (χ3v) is 6.10. The van der Waals surface area contributed by atoms with Crippen LogP contribution < -0.4 is 4.74 Å². The number of aryl methyl sites for hydroxylation is 1. The van der Waals surface area contributed by atoms with Crippen LogP contribution in [-0.4, -0.2) is 40.7 Å². The summed E-state index contributed by atoms with van der Waals surface area (Å²) in [5.74, 6) is 1.84. The first-order valence-corrected chi connectivity index (χ1v) is 9.85. The minimum Gasteiger partial charge on any atom is -0.497 e. The highest BCUT2D eigenvalue weighted by Crippen LogP contribution is 2.33. The molecule has 1 aromatic carbocycles. The highest BCUT2D eigenvalue weighted by atomic mass is 19.1. The molecule has 2 aromatic rings. The van der Waals surface area contributed by atoms with E-state index in [-0.39, 0.29) is 5.82 Å². The van der Waals surface area contributed by atoms with Crippen molar-refractivity contribution < 1.29 is 9.13 Å². The lowest BCUT2D eigenvalue weighted by molar-refractivity contribution is 0.0539. The molecule has 0 N–H and O–H groups in total. The lowest BCUT2D eigenvalue weighted by atomic mass is 9.81. The van der Waals surface area contributed by atoms with Gasteiger partial charge in [-0.3, -0.25) is 0 Å². The van der Waals surface area contributed by atoms with E-state index in [1.807, 2.05) is 6.20 Å². The van der Waals surface area contributed by atoms with E-state index in [0.717, 1.165) is 24.9 Å². The number of nitrogens with zero attached hydrogens (tertiary/aromatic N) is 3. The zero-order chi connectivity index (χ0) is 17.9. The molecule has 0 saturated carbocycles. The van der Waals surface area contributed by atoms with Gasteiger partial charge in [0.05, 0.1) is 12.7 Å². The fourth-order valence-electron chi connectivity index (χ4n) is 4.76. The Morgan fingerprint density at radius 1 is 1.19 bits per heavy atom. The molecule has 3 heterocycles. The van der Waals surface area contributed by atoms with Crippen LogP contribution in [0.1, 0.15) is 38.5 Å². The van der Waals surface area contributed by atoms with Crippen molar-refractivity contribution in [2.75, 3.05) is 20.2 Å². The van der Waals surface area contributed by atoms with E-state index in [0.29, 0.717) is 17.1 Å². The second kappa shape index (κ2) is 7.78. The molecule has 1 aromatic heterocycles. The minimum absolute atomic E-state index is 0.255. The van der Waals surface area contributed by atoms with Crippen molar-refractivity contribution in [1.82, 2.24) is 14.5 Å². The van der Waals surface area contributed by atoms with Crippen LogP contribution in [0.3, 0.4) is 0 Å². The van der Waals surface area contributed by atoms with Crippen molar-refractivity contribution >= 4 is 0 Å². The van der Waals surface area contributed by atoms with Crippen LogP contribution in [-0.2, 0) is 6.54 Å². The normalized spacial score (nSPS) is 23.6. The highest BCUT2D eigenvalue weighted by molar-refractivity contribution is 5.59. The molecule has 0 spiro atoms. The molecule has 0 radical (unpaired) electrons. The summed E-state index contributed by atoms with van der Waals surface area (Å²) >= 11 is 0. The molecule has 2 fully saturated rings. The zero-order valence-electron chi connectivity index (χ0n) is 15.5. The summed E-state index contributed by atoms with van der Waals surface area (Å²) in [5, 5.41) is 0. The van der Waals surface area contributed by atoms with Gasteiger partial charge in [-0.05, 0) is 69.3 Å². The first kappa shape index (κ1) is 17.5. The van der Waals surface area contributed by atoms with E-state index in [2.05, 4.69) is 14.5 Å². The maximum Gasteiger partial charge on any atom is 0.142 e. The van der Waals surface area contributed by atoms with Crippen LogP contribution in [0.15, 0.2) is 30.6 Å². The SMILES string of the molecule is COc1ccc(F)c(-c2nccn2CC[C@@H]2CCCN3CCCC[C@H]23)c1. The molecule has 2 atom stereocenters. The molecule has 2 saturated heterocycles. The Morgan fingerprint density at radius 2 is 2.08 bits per heavy atom. The Bertz CT molecular complexity index is 743. The Morgan fingerprint density at radius 3 is 2.96 bits per heavy atom. The topological polar surface area (TPSA) is 30.3 Å². The summed E-state index contributed by atoms with van der Waals surface area (Å²) in [6, 6.07) is 5.58. The molecule has 0 bridgehead atoms. The molecule has 0 aliphatic carbocycles. The van der Waals surface area contributed by atoms with E-state index in [4.69, 9.17) is 4.74 Å². The molecule has 5 heteroatoms. The fraction of sp³-hybridized carbons (Fsp3) is 0.571. The molecule has 4 nitrogen and oxygen atoms in total. The number of aromatic nitrogens is 2. The van der Waals surface area contributed by atoms with Crippen LogP contribution in [0.25, 0.3) is 11.4 Å². The fourth-order valence-corrected chi connectivity index (χ4v) is 4.76. The number of halogens is 1. The first-order valence-electron chi connectivity index (χ1n) is 9.85. The van der Waals surface area contributed by atoms with Crippen molar-refractivity contribution in [1.29, 1.82) is 0 Å². The highest BCUT2D eigenvalue weighted by Gasteiger charge is 2.32. The maximum atomic E-state index is 14.3. The lowest BCUT2D eigenvalue weighted by Crippen LogP contribution is -2.48. The van der Waals surface area contributed by atoms with Crippen molar-refractivity contribution in [2.24, 2.45) is 5.92 Å². The predicted molar refractivity (Wildman–Crippen MR) is 101 cm³/mol. The van der Waals surface area contributed by atoms with E-state index in [1.54, 1.807) is 25.4 Å². The quantitative estimate of drug-likeness (QED) is 0.797. The first-order chi connectivity index (χ1) is 12.8. The van der Waals surface area contributed by atoms with Gasteiger partial charge >= 0.3 is 0 Å². The van der Waals surface area contributed by atoms with Crippen LogP contribution in [0.5, 0.6) is 5.75 Å². The third-order valence-electron chi connectivity index (χ3n) is 6.10. The molecule has 0 unspecified atom stereocenters. The number of ether oxygens (including phenoxy) is 1. The molecule has 2 aliphatic heterocycles. The smallest absolute Gasteiger partial charge is 0.142 e. The lowest BCUT2D eigenvalue weighted by Gasteiger charge is -2.44. The van der Waals surface area contributed by atoms with Gasteiger partial charge in [-0.2, -0.15) is 0 Å². The number of hydrogen-bond acceptors (Lipinski definition) is 3. The number of piperidine rings is 2. The molecule has 140 valence electrons. The van der Waals surface area contributed by atoms with Gasteiger partial charge in [-0.1, -0.05) is 6.42 Å². The summed E-state index contributed by atoms with van der Waals surface area (Å²) in [5.41, 5.74) is 0.511. The predicted octanol–water partition coefficient (Wildman–Crippen LogP) is 4.35. The average Bonchev–Trinajstić information content (AvgIpc) is 3.15. The van der Waals surface area contributed by atoms with Crippen molar-refractivity contribution in [3.8, 4) is 17.1 Å². The summed E-state index contributed by atoms with van der Waals surface area (Å²) in [6.07, 6.45) is 11.5. The van der Waals surface area contributed by atoms with E-state index < -0.39 is 0 Å². The number of hydrogen-bond donors (Lipinski definition) is 0. The Balaban J connectivity index is 1.49. The van der Waals surface area contributed by atoms with Gasteiger partial charge in [-0.25, -0.2) is 9.37 Å². The molecule has 26 heavy (non-hydrogen) atoms.